The number of nitrogens with one attached hydrogen (secondary N) is 4. The van der Waals surface area contributed by atoms with Gasteiger partial charge in [-0.05, 0) is 49.0 Å². The van der Waals surface area contributed by atoms with Gasteiger partial charge in [-0.1, -0.05) is 62.1 Å². The molecule has 0 saturated heterocycles. The molecule has 0 aromatic heterocycles. The van der Waals surface area contributed by atoms with Crippen LogP contribution in [0.4, 0.5) is 0 Å². The quantitative estimate of drug-likeness (QED) is 0.238. The van der Waals surface area contributed by atoms with E-state index in [0.29, 0.717) is 16.8 Å². The largest absolute Gasteiger partial charge is 0.344 e. The number of unbranched alkanes of at least 4 members (excludes halogenated alkanes) is 3. The van der Waals surface area contributed by atoms with E-state index in [1.54, 1.807) is 30.3 Å². The number of terminal acetylenes is 1. The fourth-order valence-corrected chi connectivity index (χ4v) is 4.08. The molecule has 2 aliphatic rings. The summed E-state index contributed by atoms with van der Waals surface area (Å²) in [6.45, 7) is 2.15. The molecule has 0 radical (unpaired) electrons. The highest BCUT2D eigenvalue weighted by atomic mass is 16.2. The van der Waals surface area contributed by atoms with Crippen molar-refractivity contribution in [2.24, 2.45) is 0 Å². The van der Waals surface area contributed by atoms with Crippen LogP contribution in [0.15, 0.2) is 59.7 Å². The average molecular weight is 473 g/mol. The third kappa shape index (κ3) is 6.57. The lowest BCUT2D eigenvalue weighted by molar-refractivity contribution is -0.139. The summed E-state index contributed by atoms with van der Waals surface area (Å²) in [5.74, 6) is 0.350. The Labute approximate surface area is 206 Å². The number of carbonyl (C=O) groups is 3. The number of rotatable bonds is 10. The minimum absolute atomic E-state index is 0.0254. The lowest BCUT2D eigenvalue weighted by Crippen LogP contribution is -2.41. The minimum atomic E-state index is -0.820. The molecule has 3 amide bonds. The third-order valence-electron chi connectivity index (χ3n) is 6.14. The van der Waals surface area contributed by atoms with Crippen LogP contribution in [0.2, 0.25) is 0 Å². The molecule has 1 aromatic carbocycles. The Morgan fingerprint density at radius 2 is 1.89 bits per heavy atom. The lowest BCUT2D eigenvalue weighted by Gasteiger charge is -2.26. The van der Waals surface area contributed by atoms with Gasteiger partial charge in [-0.2, -0.15) is 0 Å². The van der Waals surface area contributed by atoms with Gasteiger partial charge in [0.25, 0.3) is 5.91 Å². The molecule has 0 aliphatic heterocycles. The van der Waals surface area contributed by atoms with Crippen molar-refractivity contribution < 1.29 is 14.4 Å². The van der Waals surface area contributed by atoms with Gasteiger partial charge in [-0.15, -0.1) is 6.42 Å². The molecule has 1 aromatic rings. The summed E-state index contributed by atoms with van der Waals surface area (Å²) < 4.78 is 0. The molecule has 182 valence electrons. The normalized spacial score (nSPS) is 16.7. The summed E-state index contributed by atoms with van der Waals surface area (Å²) in [5.41, 5.74) is 2.85. The second-order valence-corrected chi connectivity index (χ2v) is 8.73. The van der Waals surface area contributed by atoms with Crippen molar-refractivity contribution in [3.05, 3.63) is 70.8 Å². The number of hydrogen-bond donors (Lipinski definition) is 4. The van der Waals surface area contributed by atoms with Gasteiger partial charge in [0.2, 0.25) is 0 Å². The van der Waals surface area contributed by atoms with Crippen molar-refractivity contribution in [2.45, 2.75) is 57.5 Å². The number of allylic oxidation sites excluding steroid dienone is 4. The molecular formula is C28H32N4O3. The third-order valence-corrected chi connectivity index (χ3v) is 6.14. The van der Waals surface area contributed by atoms with Crippen LogP contribution in [0.25, 0.3) is 0 Å². The smallest absolute Gasteiger partial charge is 0.310 e. The van der Waals surface area contributed by atoms with Crippen LogP contribution in [0.1, 0.15) is 61.4 Å². The van der Waals surface area contributed by atoms with Gasteiger partial charge < -0.3 is 21.4 Å². The molecule has 4 N–H and O–H groups in total. The van der Waals surface area contributed by atoms with Crippen molar-refractivity contribution in [2.75, 3.05) is 6.54 Å². The maximum Gasteiger partial charge on any atom is 0.310 e. The van der Waals surface area contributed by atoms with Crippen molar-refractivity contribution in [3.8, 4) is 12.3 Å². The van der Waals surface area contributed by atoms with Gasteiger partial charge >= 0.3 is 11.8 Å². The standard InChI is InChI=1S/C28H32N4O3/c1-3-5-6-7-13-22-23(14-10-15-24(22)29)28(16-17-28)32-25(33)21-12-9-8-11-20(21)19-31-27(35)26(34)30-18-4-2/h2,8-15,29H,3,5-7,16-19H2,1H3,(H,30,34)(H,31,35)(H,32,33)/b22-13-,29-24?. The Hall–Kier alpha value is -3.92. The Balaban J connectivity index is 1.72. The molecule has 35 heavy (non-hydrogen) atoms. The summed E-state index contributed by atoms with van der Waals surface area (Å²) in [7, 11) is 0. The molecular weight excluding hydrogens is 440 g/mol. The van der Waals surface area contributed by atoms with Gasteiger partial charge in [0, 0.05) is 17.7 Å². The highest BCUT2D eigenvalue weighted by Crippen LogP contribution is 2.46. The van der Waals surface area contributed by atoms with Crippen LogP contribution in [-0.2, 0) is 16.1 Å². The predicted molar refractivity (Wildman–Crippen MR) is 137 cm³/mol. The van der Waals surface area contributed by atoms with Gasteiger partial charge in [-0.25, -0.2) is 0 Å². The van der Waals surface area contributed by atoms with E-state index >= 15 is 0 Å². The fourth-order valence-electron chi connectivity index (χ4n) is 4.08. The fraction of sp³-hybridized carbons (Fsp3) is 0.357. The second kappa shape index (κ2) is 12.0. The first kappa shape index (κ1) is 25.7. The van der Waals surface area contributed by atoms with Crippen molar-refractivity contribution in [3.63, 3.8) is 0 Å². The number of carbonyl (C=O) groups excluding carboxylic acids is 3. The van der Waals surface area contributed by atoms with E-state index in [1.165, 1.54) is 0 Å². The zero-order chi connectivity index (χ0) is 25.3. The lowest BCUT2D eigenvalue weighted by atomic mass is 9.87. The van der Waals surface area contributed by atoms with Crippen molar-refractivity contribution >= 4 is 23.4 Å². The molecule has 0 spiro atoms. The number of benzene rings is 1. The van der Waals surface area contributed by atoms with E-state index in [4.69, 9.17) is 11.8 Å². The Kier molecular flexibility index (Phi) is 8.80. The number of hydrogen-bond acceptors (Lipinski definition) is 4. The molecule has 0 unspecified atom stereocenters. The van der Waals surface area contributed by atoms with Crippen LogP contribution < -0.4 is 16.0 Å². The maximum atomic E-state index is 13.3. The highest BCUT2D eigenvalue weighted by molar-refractivity contribution is 6.35. The molecule has 2 aliphatic carbocycles. The maximum absolute atomic E-state index is 13.3. The summed E-state index contributed by atoms with van der Waals surface area (Å²) in [6, 6.07) is 6.97. The van der Waals surface area contributed by atoms with Crippen molar-refractivity contribution in [1.29, 1.82) is 5.41 Å². The monoisotopic (exact) mass is 472 g/mol. The number of amides is 3. The summed E-state index contributed by atoms with van der Waals surface area (Å²) in [6.07, 6.45) is 18.7. The molecule has 7 nitrogen and oxygen atoms in total. The Bertz CT molecular complexity index is 1130. The van der Waals surface area contributed by atoms with Crippen LogP contribution in [0, 0.1) is 17.8 Å². The predicted octanol–water partition coefficient (Wildman–Crippen LogP) is 3.34. The summed E-state index contributed by atoms with van der Waals surface area (Å²) >= 11 is 0. The topological polar surface area (TPSA) is 111 Å². The first-order valence-corrected chi connectivity index (χ1v) is 12.0. The average Bonchev–Trinajstić information content (AvgIpc) is 3.64. The van der Waals surface area contributed by atoms with E-state index in [-0.39, 0.29) is 19.0 Å². The zero-order valence-electron chi connectivity index (χ0n) is 20.1. The SMILES string of the molecule is C#CCNC(=O)C(=O)NCc1ccccc1C(=O)NC1(C2=CC=CC(=N)/C2=C\CCCCC)CC1. The zero-order valence-corrected chi connectivity index (χ0v) is 20.1. The molecule has 0 atom stereocenters. The second-order valence-electron chi connectivity index (χ2n) is 8.73. The summed E-state index contributed by atoms with van der Waals surface area (Å²) in [5, 5.41) is 16.5. The molecule has 1 saturated carbocycles. The van der Waals surface area contributed by atoms with Crippen LogP contribution in [0.3, 0.4) is 0 Å². The molecule has 0 heterocycles. The van der Waals surface area contributed by atoms with E-state index in [1.807, 2.05) is 12.2 Å². The van der Waals surface area contributed by atoms with E-state index in [9.17, 15) is 14.4 Å². The Morgan fingerprint density at radius 1 is 1.14 bits per heavy atom. The van der Waals surface area contributed by atoms with E-state index in [2.05, 4.69) is 34.9 Å². The molecule has 0 bridgehead atoms. The molecule has 1 fully saturated rings. The minimum Gasteiger partial charge on any atom is -0.344 e. The van der Waals surface area contributed by atoms with Crippen LogP contribution in [0.5, 0.6) is 0 Å². The van der Waals surface area contributed by atoms with Crippen LogP contribution in [-0.4, -0.2) is 35.5 Å². The molecule has 3 rings (SSSR count). The van der Waals surface area contributed by atoms with Crippen LogP contribution >= 0.6 is 0 Å². The first-order valence-electron chi connectivity index (χ1n) is 12.0. The van der Waals surface area contributed by atoms with E-state index in [0.717, 1.165) is 49.7 Å². The van der Waals surface area contributed by atoms with Gasteiger partial charge in [0.05, 0.1) is 17.8 Å². The highest BCUT2D eigenvalue weighted by Gasteiger charge is 2.49. The molecule has 7 heteroatoms. The Morgan fingerprint density at radius 3 is 2.60 bits per heavy atom. The first-order chi connectivity index (χ1) is 16.9. The van der Waals surface area contributed by atoms with Gasteiger partial charge in [-0.3, -0.25) is 14.4 Å². The van der Waals surface area contributed by atoms with Gasteiger partial charge in [0.15, 0.2) is 0 Å². The van der Waals surface area contributed by atoms with E-state index < -0.39 is 17.4 Å². The van der Waals surface area contributed by atoms with Gasteiger partial charge in [0.1, 0.15) is 0 Å². The summed E-state index contributed by atoms with van der Waals surface area (Å²) in [4.78, 5) is 37.1. The van der Waals surface area contributed by atoms with Crippen molar-refractivity contribution in [1.82, 2.24) is 16.0 Å².